The van der Waals surface area contributed by atoms with Crippen molar-refractivity contribution in [1.29, 1.82) is 0 Å². The fourth-order valence-corrected chi connectivity index (χ4v) is 3.87. The molecule has 0 unspecified atom stereocenters. The van der Waals surface area contributed by atoms with Gasteiger partial charge in [-0.05, 0) is 31.2 Å². The molecule has 1 heterocycles. The number of nitrogens with zero attached hydrogens (tertiary/aromatic N) is 1. The molecule has 0 bridgehead atoms. The van der Waals surface area contributed by atoms with E-state index in [0.29, 0.717) is 19.5 Å². The monoisotopic (exact) mass is 362 g/mol. The van der Waals surface area contributed by atoms with Gasteiger partial charge in [-0.15, -0.1) is 0 Å². The second-order valence-corrected chi connectivity index (χ2v) is 9.25. The van der Waals surface area contributed by atoms with Gasteiger partial charge in [0.05, 0.1) is 23.3 Å². The van der Waals surface area contributed by atoms with Gasteiger partial charge in [0, 0.05) is 17.9 Å². The zero-order chi connectivity index (χ0) is 19.8. The Bertz CT molecular complexity index is 672. The highest BCUT2D eigenvalue weighted by molar-refractivity contribution is 5.87. The van der Waals surface area contributed by atoms with Crippen LogP contribution in [0.2, 0.25) is 0 Å². The summed E-state index contributed by atoms with van der Waals surface area (Å²) in [6, 6.07) is 2.00. The molecule has 1 aromatic rings. The Hall–Kier alpha value is -1.85. The van der Waals surface area contributed by atoms with Crippen LogP contribution in [0.5, 0.6) is 0 Å². The highest BCUT2D eigenvalue weighted by atomic mass is 16.2. The molecule has 1 saturated carbocycles. The lowest BCUT2D eigenvalue weighted by atomic mass is 9.65. The van der Waals surface area contributed by atoms with Gasteiger partial charge in [0.25, 0.3) is 0 Å². The van der Waals surface area contributed by atoms with Gasteiger partial charge in [0.15, 0.2) is 0 Å². The highest BCUT2D eigenvalue weighted by Crippen LogP contribution is 2.56. The van der Waals surface area contributed by atoms with E-state index in [9.17, 15) is 9.59 Å². The summed E-state index contributed by atoms with van der Waals surface area (Å²) in [7, 11) is 0. The Morgan fingerprint density at radius 1 is 1.27 bits per heavy atom. The van der Waals surface area contributed by atoms with Crippen LogP contribution in [-0.4, -0.2) is 28.6 Å². The van der Waals surface area contributed by atoms with E-state index in [1.807, 2.05) is 33.8 Å². The minimum absolute atomic E-state index is 0.00112. The molecule has 2 amide bonds. The van der Waals surface area contributed by atoms with Crippen molar-refractivity contribution in [2.24, 2.45) is 16.7 Å². The van der Waals surface area contributed by atoms with E-state index in [-0.39, 0.29) is 23.1 Å². The largest absolute Gasteiger partial charge is 0.356 e. The third-order valence-electron chi connectivity index (χ3n) is 6.23. The number of H-pyrrole nitrogens is 1. The molecule has 6 heteroatoms. The van der Waals surface area contributed by atoms with Gasteiger partial charge < -0.3 is 10.6 Å². The van der Waals surface area contributed by atoms with Crippen molar-refractivity contribution >= 4 is 11.8 Å². The summed E-state index contributed by atoms with van der Waals surface area (Å²) in [5.74, 6) is -0.0866. The molecule has 146 valence electrons. The smallest absolute Gasteiger partial charge is 0.226 e. The molecule has 1 fully saturated rings. The molecule has 0 aromatic carbocycles. The molecule has 1 aliphatic carbocycles. The average Bonchev–Trinajstić information content (AvgIpc) is 3.09. The van der Waals surface area contributed by atoms with Gasteiger partial charge in [0.2, 0.25) is 11.8 Å². The third kappa shape index (κ3) is 3.64. The maximum Gasteiger partial charge on any atom is 0.226 e. The first-order valence-corrected chi connectivity index (χ1v) is 9.54. The van der Waals surface area contributed by atoms with Gasteiger partial charge in [-0.3, -0.25) is 14.7 Å². The molecule has 2 atom stereocenters. The summed E-state index contributed by atoms with van der Waals surface area (Å²) in [6.07, 6.45) is 1.45. The van der Waals surface area contributed by atoms with Crippen LogP contribution in [0.3, 0.4) is 0 Å². The van der Waals surface area contributed by atoms with E-state index >= 15 is 0 Å². The lowest BCUT2D eigenvalue weighted by Crippen LogP contribution is -2.49. The third-order valence-corrected chi connectivity index (χ3v) is 6.23. The van der Waals surface area contributed by atoms with Gasteiger partial charge >= 0.3 is 0 Å². The predicted octanol–water partition coefficient (Wildman–Crippen LogP) is 2.90. The van der Waals surface area contributed by atoms with Crippen LogP contribution >= 0.6 is 0 Å². The topological polar surface area (TPSA) is 86.9 Å². The quantitative estimate of drug-likeness (QED) is 0.753. The Morgan fingerprint density at radius 2 is 1.92 bits per heavy atom. The van der Waals surface area contributed by atoms with E-state index in [1.54, 1.807) is 0 Å². The molecule has 6 nitrogen and oxygen atoms in total. The van der Waals surface area contributed by atoms with Crippen LogP contribution in [0.25, 0.3) is 0 Å². The molecular weight excluding hydrogens is 328 g/mol. The summed E-state index contributed by atoms with van der Waals surface area (Å²) >= 11 is 0. The molecule has 0 spiro atoms. The van der Waals surface area contributed by atoms with Gasteiger partial charge in [-0.25, -0.2) is 0 Å². The minimum atomic E-state index is -0.574. The van der Waals surface area contributed by atoms with Crippen LogP contribution in [0.15, 0.2) is 6.07 Å². The maximum atomic E-state index is 13.0. The van der Waals surface area contributed by atoms with Crippen molar-refractivity contribution in [3.63, 3.8) is 0 Å². The lowest BCUT2D eigenvalue weighted by Gasteiger charge is -2.39. The second-order valence-electron chi connectivity index (χ2n) is 9.25. The van der Waals surface area contributed by atoms with Crippen molar-refractivity contribution < 1.29 is 9.59 Å². The number of hydrogen-bond acceptors (Lipinski definition) is 3. The fourth-order valence-electron chi connectivity index (χ4n) is 3.87. The van der Waals surface area contributed by atoms with Gasteiger partial charge in [0.1, 0.15) is 0 Å². The number of rotatable bonds is 5. The average molecular weight is 363 g/mol. The number of aromatic nitrogens is 2. The highest BCUT2D eigenvalue weighted by Gasteiger charge is 2.57. The van der Waals surface area contributed by atoms with Crippen LogP contribution in [0.1, 0.15) is 72.7 Å². The van der Waals surface area contributed by atoms with Crippen LogP contribution in [-0.2, 0) is 21.5 Å². The maximum absolute atomic E-state index is 13.0. The second kappa shape index (κ2) is 7.05. The Balaban J connectivity index is 2.06. The normalized spacial score (nSPS) is 25.1. The van der Waals surface area contributed by atoms with E-state index < -0.39 is 10.8 Å². The number of carbonyl (C=O) groups excluding carboxylic acids is 2. The van der Waals surface area contributed by atoms with E-state index in [1.165, 1.54) is 0 Å². The Labute approximate surface area is 156 Å². The first kappa shape index (κ1) is 20.5. The van der Waals surface area contributed by atoms with E-state index in [0.717, 1.165) is 17.8 Å². The zero-order valence-corrected chi connectivity index (χ0v) is 17.2. The molecular formula is C20H34N4O2. The first-order chi connectivity index (χ1) is 11.9. The molecule has 1 aromatic heterocycles. The van der Waals surface area contributed by atoms with Crippen LogP contribution in [0.4, 0.5) is 0 Å². The molecule has 1 aliphatic rings. The number of carbonyl (C=O) groups is 2. The molecule has 0 saturated heterocycles. The summed E-state index contributed by atoms with van der Waals surface area (Å²) in [5.41, 5.74) is 0.864. The van der Waals surface area contributed by atoms with Gasteiger partial charge in [-0.1, -0.05) is 41.5 Å². The Morgan fingerprint density at radius 3 is 2.46 bits per heavy atom. The minimum Gasteiger partial charge on any atom is -0.356 e. The predicted molar refractivity (Wildman–Crippen MR) is 102 cm³/mol. The number of amides is 2. The molecule has 0 radical (unpaired) electrons. The summed E-state index contributed by atoms with van der Waals surface area (Å²) < 4.78 is 0. The first-order valence-electron chi connectivity index (χ1n) is 9.54. The molecule has 2 rings (SSSR count). The standard InChI is InChI=1S/C20H34N4O2/c1-8-21-16(25)14-9-10-20(7,19(14,5)6)17(26)22-12-13-11-15(24-23-13)18(2,3)4/h11,14H,8-10,12H2,1-7H3,(H,21,25)(H,22,26)(H,23,24)/t14-,20+/m1/s1. The SMILES string of the molecule is CCNC(=O)[C@H]1CC[C@@](C)(C(=O)NCc2cc(C(C)(C)C)n[nH]2)C1(C)C. The van der Waals surface area contributed by atoms with Crippen molar-refractivity contribution in [3.8, 4) is 0 Å². The zero-order valence-electron chi connectivity index (χ0n) is 17.2. The number of nitrogens with one attached hydrogen (secondary N) is 3. The number of hydrogen-bond donors (Lipinski definition) is 3. The number of aromatic amines is 1. The van der Waals surface area contributed by atoms with Crippen molar-refractivity contribution in [1.82, 2.24) is 20.8 Å². The molecule has 3 N–H and O–H groups in total. The lowest BCUT2D eigenvalue weighted by molar-refractivity contribution is -0.139. The van der Waals surface area contributed by atoms with E-state index in [4.69, 9.17) is 0 Å². The summed E-state index contributed by atoms with van der Waals surface area (Å²) in [5, 5.41) is 13.3. The summed E-state index contributed by atoms with van der Waals surface area (Å²) in [4.78, 5) is 25.4. The Kier molecular flexibility index (Phi) is 5.54. The van der Waals surface area contributed by atoms with Crippen LogP contribution in [0, 0.1) is 16.7 Å². The van der Waals surface area contributed by atoms with Crippen LogP contribution < -0.4 is 10.6 Å². The van der Waals surface area contributed by atoms with Crippen molar-refractivity contribution in [2.45, 2.75) is 73.3 Å². The molecule has 0 aliphatic heterocycles. The fraction of sp³-hybridized carbons (Fsp3) is 0.750. The van der Waals surface area contributed by atoms with E-state index in [2.05, 4.69) is 41.6 Å². The summed E-state index contributed by atoms with van der Waals surface area (Å²) in [6.45, 7) is 15.3. The van der Waals surface area contributed by atoms with Crippen molar-refractivity contribution in [3.05, 3.63) is 17.5 Å². The molecule has 26 heavy (non-hydrogen) atoms. The van der Waals surface area contributed by atoms with Crippen molar-refractivity contribution in [2.75, 3.05) is 6.54 Å². The van der Waals surface area contributed by atoms with Gasteiger partial charge in [-0.2, -0.15) is 5.10 Å².